The summed E-state index contributed by atoms with van der Waals surface area (Å²) in [4.78, 5) is 45.5. The molecule has 2 heterocycles. The van der Waals surface area contributed by atoms with Gasteiger partial charge in [-0.05, 0) is 37.0 Å². The molecule has 39 heavy (non-hydrogen) atoms. The lowest BCUT2D eigenvalue weighted by Gasteiger charge is -2.29. The summed E-state index contributed by atoms with van der Waals surface area (Å²) in [5.41, 5.74) is 1.31. The van der Waals surface area contributed by atoms with E-state index in [1.807, 2.05) is 12.1 Å². The Kier molecular flexibility index (Phi) is 10.7. The molecule has 212 valence electrons. The summed E-state index contributed by atoms with van der Waals surface area (Å²) < 4.78 is 6.31. The second kappa shape index (κ2) is 14.2. The van der Waals surface area contributed by atoms with Crippen LogP contribution >= 0.6 is 22.9 Å². The molecule has 1 saturated carbocycles. The third kappa shape index (κ3) is 8.48. The Bertz CT molecular complexity index is 1180. The molecule has 2 aromatic rings. The van der Waals surface area contributed by atoms with Gasteiger partial charge in [0.05, 0.1) is 28.4 Å². The Morgan fingerprint density at radius 3 is 2.67 bits per heavy atom. The van der Waals surface area contributed by atoms with Crippen LogP contribution in [0.5, 0.6) is 0 Å². The van der Waals surface area contributed by atoms with Crippen LogP contribution < -0.4 is 16.0 Å². The number of carbonyl (C=O) groups excluding carboxylic acids is 3. The first-order valence-corrected chi connectivity index (χ1v) is 14.9. The smallest absolute Gasteiger partial charge is 0.247 e. The molecule has 2 fully saturated rings. The Morgan fingerprint density at radius 1 is 1.21 bits per heavy atom. The van der Waals surface area contributed by atoms with Gasteiger partial charge in [-0.2, -0.15) is 0 Å². The molecule has 1 aliphatic carbocycles. The first kappa shape index (κ1) is 29.5. The van der Waals surface area contributed by atoms with Crippen molar-refractivity contribution in [2.45, 2.75) is 57.5 Å². The van der Waals surface area contributed by atoms with Gasteiger partial charge in [0.15, 0.2) is 0 Å². The maximum absolute atomic E-state index is 13.6. The van der Waals surface area contributed by atoms with Crippen molar-refractivity contribution in [2.75, 3.05) is 39.4 Å². The normalized spacial score (nSPS) is 18.0. The first-order chi connectivity index (χ1) is 18.8. The number of aromatic nitrogens is 1. The number of ether oxygens (including phenoxy) is 1. The minimum Gasteiger partial charge on any atom is -0.379 e. The van der Waals surface area contributed by atoms with Crippen molar-refractivity contribution in [3.05, 3.63) is 40.4 Å². The van der Waals surface area contributed by atoms with Crippen molar-refractivity contribution in [3.8, 4) is 0 Å². The molecule has 2 aliphatic rings. The fourth-order valence-electron chi connectivity index (χ4n) is 5.12. The van der Waals surface area contributed by atoms with Gasteiger partial charge in [0.2, 0.25) is 17.7 Å². The fourth-order valence-corrected chi connectivity index (χ4v) is 6.41. The maximum Gasteiger partial charge on any atom is 0.247 e. The molecular weight excluding hydrogens is 538 g/mol. The number of benzene rings is 1. The molecule has 1 aromatic heterocycles. The van der Waals surface area contributed by atoms with E-state index in [4.69, 9.17) is 16.3 Å². The van der Waals surface area contributed by atoms with Crippen LogP contribution in [0, 0.1) is 5.92 Å². The summed E-state index contributed by atoms with van der Waals surface area (Å²) >= 11 is 7.59. The number of amides is 3. The standard InChI is InChI=1S/C28H38ClN5O4S/c1-3-25(35)31-22(15-26-32-21-9-8-20(29)14-24(21)39-26)28(37)33-23(19-6-4-5-7-19)16-30-27(36)18(2)17-34-10-12-38-13-11-34/h8-9,14,19,22-23H,2-7,10-13,15-17H2,1H3,(H,30,36)(H,31,35)(H,33,37)/t22-,23+/m0/s1. The van der Waals surface area contributed by atoms with Gasteiger partial charge in [-0.15, -0.1) is 11.3 Å². The highest BCUT2D eigenvalue weighted by Crippen LogP contribution is 2.28. The maximum atomic E-state index is 13.6. The van der Waals surface area contributed by atoms with Crippen molar-refractivity contribution in [3.63, 3.8) is 0 Å². The molecule has 9 nitrogen and oxygen atoms in total. The number of hydrogen-bond donors (Lipinski definition) is 3. The number of hydrogen-bond acceptors (Lipinski definition) is 7. The van der Waals surface area contributed by atoms with Crippen molar-refractivity contribution in [2.24, 2.45) is 5.92 Å². The van der Waals surface area contributed by atoms with E-state index in [0.717, 1.165) is 54.0 Å². The van der Waals surface area contributed by atoms with Gasteiger partial charge >= 0.3 is 0 Å². The highest BCUT2D eigenvalue weighted by atomic mass is 35.5. The number of rotatable bonds is 12. The summed E-state index contributed by atoms with van der Waals surface area (Å²) in [7, 11) is 0. The first-order valence-electron chi connectivity index (χ1n) is 13.7. The third-order valence-electron chi connectivity index (χ3n) is 7.36. The van der Waals surface area contributed by atoms with Crippen LogP contribution in [-0.4, -0.2) is 79.1 Å². The van der Waals surface area contributed by atoms with E-state index in [1.54, 1.807) is 13.0 Å². The zero-order valence-electron chi connectivity index (χ0n) is 22.5. The van der Waals surface area contributed by atoms with Crippen LogP contribution in [0.1, 0.15) is 44.0 Å². The van der Waals surface area contributed by atoms with E-state index in [1.165, 1.54) is 11.3 Å². The van der Waals surface area contributed by atoms with E-state index < -0.39 is 6.04 Å². The number of nitrogens with one attached hydrogen (secondary N) is 3. The summed E-state index contributed by atoms with van der Waals surface area (Å²) in [6.07, 6.45) is 4.71. The van der Waals surface area contributed by atoms with Crippen LogP contribution in [0.25, 0.3) is 10.2 Å². The molecule has 4 rings (SSSR count). The lowest BCUT2D eigenvalue weighted by molar-refractivity contribution is -0.129. The molecule has 1 aromatic carbocycles. The quantitative estimate of drug-likeness (QED) is 0.335. The van der Waals surface area contributed by atoms with Gasteiger partial charge in [0.25, 0.3) is 0 Å². The van der Waals surface area contributed by atoms with Crippen LogP contribution in [0.15, 0.2) is 30.4 Å². The van der Waals surface area contributed by atoms with Gasteiger partial charge in [0, 0.05) is 55.7 Å². The van der Waals surface area contributed by atoms with E-state index in [2.05, 4.69) is 32.4 Å². The number of fused-ring (bicyclic) bond motifs is 1. The highest BCUT2D eigenvalue weighted by Gasteiger charge is 2.30. The number of halogens is 1. The molecule has 2 atom stereocenters. The van der Waals surface area contributed by atoms with Crippen LogP contribution in [-0.2, 0) is 25.5 Å². The topological polar surface area (TPSA) is 113 Å². The minimum absolute atomic E-state index is 0.204. The Labute approximate surface area is 238 Å². The van der Waals surface area contributed by atoms with Crippen molar-refractivity contribution in [1.82, 2.24) is 25.8 Å². The van der Waals surface area contributed by atoms with Gasteiger partial charge in [-0.25, -0.2) is 4.98 Å². The Balaban J connectivity index is 1.41. The lowest BCUT2D eigenvalue weighted by Crippen LogP contribution is -2.55. The van der Waals surface area contributed by atoms with E-state index in [-0.39, 0.29) is 42.5 Å². The number of carbonyl (C=O) groups is 3. The summed E-state index contributed by atoms with van der Waals surface area (Å²) in [6, 6.07) is 4.47. The summed E-state index contributed by atoms with van der Waals surface area (Å²) in [5.74, 6) is -0.423. The predicted octanol–water partition coefficient (Wildman–Crippen LogP) is 3.07. The second-order valence-electron chi connectivity index (χ2n) is 10.3. The second-order valence-corrected chi connectivity index (χ2v) is 11.8. The average Bonchev–Trinajstić information content (AvgIpc) is 3.60. The van der Waals surface area contributed by atoms with E-state index >= 15 is 0 Å². The Hall–Kier alpha value is -2.53. The van der Waals surface area contributed by atoms with Gasteiger partial charge < -0.3 is 20.7 Å². The van der Waals surface area contributed by atoms with Crippen molar-refractivity contribution >= 4 is 50.9 Å². The average molecular weight is 576 g/mol. The molecule has 0 spiro atoms. The van der Waals surface area contributed by atoms with E-state index in [0.29, 0.717) is 36.9 Å². The van der Waals surface area contributed by atoms with E-state index in [9.17, 15) is 14.4 Å². The van der Waals surface area contributed by atoms with Gasteiger partial charge in [-0.3, -0.25) is 19.3 Å². The molecule has 0 bridgehead atoms. The van der Waals surface area contributed by atoms with Crippen LogP contribution in [0.3, 0.4) is 0 Å². The van der Waals surface area contributed by atoms with Crippen LogP contribution in [0.4, 0.5) is 0 Å². The molecular formula is C28H38ClN5O4S. The molecule has 3 N–H and O–H groups in total. The highest BCUT2D eigenvalue weighted by molar-refractivity contribution is 7.18. The van der Waals surface area contributed by atoms with Crippen LogP contribution in [0.2, 0.25) is 5.02 Å². The fraction of sp³-hybridized carbons (Fsp3) is 0.571. The largest absolute Gasteiger partial charge is 0.379 e. The SMILES string of the molecule is C=C(CN1CCOCC1)C(=O)NC[C@@H](NC(=O)[C@H](Cc1nc2ccc(Cl)cc2s1)NC(=O)CC)C1CCCC1. The van der Waals surface area contributed by atoms with Crippen molar-refractivity contribution < 1.29 is 19.1 Å². The van der Waals surface area contributed by atoms with Crippen molar-refractivity contribution in [1.29, 1.82) is 0 Å². The molecule has 3 amide bonds. The molecule has 11 heteroatoms. The number of morpholine rings is 1. The number of thiazole rings is 1. The molecule has 0 radical (unpaired) electrons. The zero-order valence-corrected chi connectivity index (χ0v) is 24.0. The lowest BCUT2D eigenvalue weighted by atomic mass is 9.97. The Morgan fingerprint density at radius 2 is 1.95 bits per heavy atom. The third-order valence-corrected chi connectivity index (χ3v) is 8.64. The predicted molar refractivity (Wildman–Crippen MR) is 154 cm³/mol. The molecule has 1 saturated heterocycles. The monoisotopic (exact) mass is 575 g/mol. The molecule has 1 aliphatic heterocycles. The van der Waals surface area contributed by atoms with Gasteiger partial charge in [-0.1, -0.05) is 37.9 Å². The summed E-state index contributed by atoms with van der Waals surface area (Å²) in [5, 5.41) is 10.4. The molecule has 0 unspecified atom stereocenters. The van der Waals surface area contributed by atoms with Gasteiger partial charge in [0.1, 0.15) is 6.04 Å². The minimum atomic E-state index is -0.774. The summed E-state index contributed by atoms with van der Waals surface area (Å²) in [6.45, 7) is 9.41. The number of nitrogens with zero attached hydrogens (tertiary/aromatic N) is 2. The zero-order chi connectivity index (χ0) is 27.8.